The van der Waals surface area contributed by atoms with Gasteiger partial charge in [-0.2, -0.15) is 0 Å². The van der Waals surface area contributed by atoms with Gasteiger partial charge in [-0.15, -0.1) is 0 Å². The first kappa shape index (κ1) is 26.9. The number of rotatable bonds is 12. The van der Waals surface area contributed by atoms with Crippen LogP contribution < -0.4 is 10.6 Å². The van der Waals surface area contributed by atoms with Crippen molar-refractivity contribution in [2.75, 3.05) is 0 Å². The van der Waals surface area contributed by atoms with E-state index < -0.39 is 0 Å². The maximum absolute atomic E-state index is 13.0. The van der Waals surface area contributed by atoms with E-state index in [1.165, 1.54) is 77.0 Å². The molecule has 0 atom stereocenters. The summed E-state index contributed by atoms with van der Waals surface area (Å²) >= 11 is 0. The molecule has 0 amide bonds. The van der Waals surface area contributed by atoms with E-state index in [1.807, 2.05) is 12.2 Å². The number of fused-ring (bicyclic) bond motifs is 1. The quantitative estimate of drug-likeness (QED) is 0.282. The summed E-state index contributed by atoms with van der Waals surface area (Å²) in [5.74, 6) is 1.60. The van der Waals surface area contributed by atoms with E-state index in [9.17, 15) is 9.59 Å². The molecule has 4 heteroatoms. The van der Waals surface area contributed by atoms with Crippen LogP contribution in [0.1, 0.15) is 117 Å². The number of carbonyl (C=O) groups is 2. The van der Waals surface area contributed by atoms with Gasteiger partial charge in [0.2, 0.25) is 0 Å². The topological polar surface area (TPSA) is 58.2 Å². The van der Waals surface area contributed by atoms with Crippen molar-refractivity contribution in [3.8, 4) is 0 Å². The summed E-state index contributed by atoms with van der Waals surface area (Å²) in [6.45, 7) is 4.53. The zero-order chi connectivity index (χ0) is 25.3. The van der Waals surface area contributed by atoms with E-state index in [-0.39, 0.29) is 11.6 Å². The molecule has 4 aliphatic carbocycles. The Kier molecular flexibility index (Phi) is 10.1. The molecule has 0 heterocycles. The van der Waals surface area contributed by atoms with Crippen LogP contribution in [-0.4, -0.2) is 23.7 Å². The number of ketones is 2. The van der Waals surface area contributed by atoms with Crippen molar-refractivity contribution >= 4 is 11.6 Å². The summed E-state index contributed by atoms with van der Waals surface area (Å²) in [7, 11) is 0. The average Bonchev–Trinajstić information content (AvgIpc) is 2.89. The predicted octanol–water partition coefficient (Wildman–Crippen LogP) is 7.23. The summed E-state index contributed by atoms with van der Waals surface area (Å²) in [6, 6.07) is 0.763. The predicted molar refractivity (Wildman–Crippen MR) is 148 cm³/mol. The van der Waals surface area contributed by atoms with Gasteiger partial charge >= 0.3 is 0 Å². The summed E-state index contributed by atoms with van der Waals surface area (Å²) in [4.78, 5) is 26.0. The van der Waals surface area contributed by atoms with Crippen molar-refractivity contribution < 1.29 is 9.59 Å². The van der Waals surface area contributed by atoms with E-state index in [2.05, 4.69) is 24.5 Å². The first-order valence-electron chi connectivity index (χ1n) is 15.1. The molecule has 2 saturated carbocycles. The molecule has 0 aromatic carbocycles. The summed E-state index contributed by atoms with van der Waals surface area (Å²) < 4.78 is 0. The van der Waals surface area contributed by atoms with E-state index in [0.717, 1.165) is 48.9 Å². The molecule has 198 valence electrons. The monoisotopic (exact) mass is 492 g/mol. The molecule has 0 aromatic heterocycles. The fraction of sp³-hybridized carbons (Fsp3) is 0.688. The van der Waals surface area contributed by atoms with Crippen molar-refractivity contribution in [2.24, 2.45) is 11.8 Å². The molecule has 0 radical (unpaired) electrons. The van der Waals surface area contributed by atoms with Crippen LogP contribution in [0.2, 0.25) is 0 Å². The lowest BCUT2D eigenvalue weighted by atomic mass is 9.81. The SMILES string of the molecule is CCCCC[C@H]1CC[C@H](NC2=C3C(=O)C=CC(N[C@H]4CC[C@H](CCCCC)CC4)=C3C(=O)C=C2)CC1. The van der Waals surface area contributed by atoms with Crippen LogP contribution in [0.3, 0.4) is 0 Å². The zero-order valence-corrected chi connectivity index (χ0v) is 22.7. The zero-order valence-electron chi connectivity index (χ0n) is 22.7. The molecule has 0 aromatic rings. The van der Waals surface area contributed by atoms with E-state index in [1.54, 1.807) is 12.2 Å². The fourth-order valence-corrected chi connectivity index (χ4v) is 6.67. The summed E-state index contributed by atoms with van der Waals surface area (Å²) in [5, 5.41) is 7.35. The van der Waals surface area contributed by atoms with Crippen LogP contribution in [0.4, 0.5) is 0 Å². The Bertz CT molecular complexity index is 819. The summed E-state index contributed by atoms with van der Waals surface area (Å²) in [5.41, 5.74) is 2.83. The molecule has 0 saturated heterocycles. The smallest absolute Gasteiger partial charge is 0.188 e. The highest BCUT2D eigenvalue weighted by Gasteiger charge is 2.32. The van der Waals surface area contributed by atoms with Gasteiger partial charge in [-0.25, -0.2) is 0 Å². The molecule has 2 fully saturated rings. The normalized spacial score (nSPS) is 28.5. The molecule has 36 heavy (non-hydrogen) atoms. The van der Waals surface area contributed by atoms with Crippen LogP contribution in [0.15, 0.2) is 46.8 Å². The van der Waals surface area contributed by atoms with Crippen LogP contribution in [-0.2, 0) is 9.59 Å². The lowest BCUT2D eigenvalue weighted by Crippen LogP contribution is -2.37. The first-order chi connectivity index (χ1) is 17.6. The number of allylic oxidation sites excluding steroid dienone is 6. The van der Waals surface area contributed by atoms with Crippen molar-refractivity contribution in [3.63, 3.8) is 0 Å². The first-order valence-corrected chi connectivity index (χ1v) is 15.1. The molecule has 2 N–H and O–H groups in total. The highest BCUT2D eigenvalue weighted by Crippen LogP contribution is 2.34. The Balaban J connectivity index is 1.38. The Labute approximate surface area is 219 Å². The van der Waals surface area contributed by atoms with Gasteiger partial charge in [0.1, 0.15) is 0 Å². The highest BCUT2D eigenvalue weighted by atomic mass is 16.1. The van der Waals surface area contributed by atoms with Crippen molar-refractivity contribution in [3.05, 3.63) is 46.8 Å². The molecular weight excluding hydrogens is 444 g/mol. The van der Waals surface area contributed by atoms with Crippen LogP contribution in [0.25, 0.3) is 0 Å². The second kappa shape index (κ2) is 13.4. The fourth-order valence-electron chi connectivity index (χ4n) is 6.67. The third kappa shape index (κ3) is 7.01. The maximum Gasteiger partial charge on any atom is 0.188 e. The molecule has 0 unspecified atom stereocenters. The molecule has 0 aliphatic heterocycles. The molecule has 4 rings (SSSR count). The minimum Gasteiger partial charge on any atom is -0.382 e. The maximum atomic E-state index is 13.0. The van der Waals surface area contributed by atoms with Gasteiger partial charge in [-0.1, -0.05) is 65.2 Å². The van der Waals surface area contributed by atoms with E-state index >= 15 is 0 Å². The van der Waals surface area contributed by atoms with E-state index in [4.69, 9.17) is 0 Å². The molecule has 0 bridgehead atoms. The van der Waals surface area contributed by atoms with Crippen LogP contribution in [0.5, 0.6) is 0 Å². The second-order valence-electron chi connectivity index (χ2n) is 11.7. The van der Waals surface area contributed by atoms with Crippen molar-refractivity contribution in [1.29, 1.82) is 0 Å². The van der Waals surface area contributed by atoms with Crippen molar-refractivity contribution in [1.82, 2.24) is 10.6 Å². The Morgan fingerprint density at radius 3 is 1.33 bits per heavy atom. The second-order valence-corrected chi connectivity index (χ2v) is 11.7. The Morgan fingerprint density at radius 2 is 0.972 bits per heavy atom. The molecule has 0 spiro atoms. The van der Waals surface area contributed by atoms with Gasteiger partial charge in [0, 0.05) is 23.5 Å². The number of hydrogen-bond acceptors (Lipinski definition) is 4. The van der Waals surface area contributed by atoms with Crippen LogP contribution in [0, 0.1) is 11.8 Å². The van der Waals surface area contributed by atoms with Gasteiger partial charge in [-0.05, 0) is 87.5 Å². The third-order valence-corrected chi connectivity index (χ3v) is 8.93. The number of hydrogen-bond donors (Lipinski definition) is 2. The average molecular weight is 493 g/mol. The number of unbranched alkanes of at least 4 members (excludes halogenated alkanes) is 4. The Hall–Kier alpha value is -2.10. The van der Waals surface area contributed by atoms with Gasteiger partial charge in [0.15, 0.2) is 11.6 Å². The largest absolute Gasteiger partial charge is 0.382 e. The number of carbonyl (C=O) groups excluding carboxylic acids is 2. The van der Waals surface area contributed by atoms with Gasteiger partial charge in [0.25, 0.3) is 0 Å². The minimum absolute atomic E-state index is 0.0522. The molecule has 4 aliphatic rings. The molecule has 4 nitrogen and oxygen atoms in total. The van der Waals surface area contributed by atoms with Gasteiger partial charge in [0.05, 0.1) is 11.1 Å². The summed E-state index contributed by atoms with van der Waals surface area (Å²) in [6.07, 6.45) is 27.3. The lowest BCUT2D eigenvalue weighted by molar-refractivity contribution is -0.114. The van der Waals surface area contributed by atoms with Gasteiger partial charge in [-0.3, -0.25) is 9.59 Å². The Morgan fingerprint density at radius 1 is 0.583 bits per heavy atom. The van der Waals surface area contributed by atoms with Gasteiger partial charge < -0.3 is 10.6 Å². The number of nitrogens with one attached hydrogen (secondary N) is 2. The minimum atomic E-state index is -0.0522. The standard InChI is InChI=1S/C32H48N2O2/c1-3-5-7-9-23-11-15-25(16-12-23)33-27-19-21-30(36)32-28(20-22-29(35)31(27)32)34-26-17-13-24(14-18-26)10-8-6-4-2/h19-26,33-34H,3-18H2,1-2H3/t23-,24-,25-,26-. The highest BCUT2D eigenvalue weighted by molar-refractivity contribution is 6.23. The van der Waals surface area contributed by atoms with Crippen LogP contribution >= 0.6 is 0 Å². The third-order valence-electron chi connectivity index (χ3n) is 8.93. The lowest BCUT2D eigenvalue weighted by Gasteiger charge is -2.33. The molecular formula is C32H48N2O2. The van der Waals surface area contributed by atoms with E-state index in [0.29, 0.717) is 23.2 Å². The van der Waals surface area contributed by atoms with Crippen molar-refractivity contribution in [2.45, 2.75) is 129 Å².